The number of hydrogen-bond donors (Lipinski definition) is 2. The lowest BCUT2D eigenvalue weighted by molar-refractivity contribution is -0.120. The van der Waals surface area contributed by atoms with Gasteiger partial charge >= 0.3 is 0 Å². The molecule has 0 unspecified atom stereocenters. The van der Waals surface area contributed by atoms with Crippen LogP contribution in [0.2, 0.25) is 10.0 Å². The number of nitrogens with two attached hydrogens (primary N) is 1. The van der Waals surface area contributed by atoms with Crippen molar-refractivity contribution >= 4 is 40.9 Å². The third-order valence-corrected chi connectivity index (χ3v) is 6.07. The maximum absolute atomic E-state index is 12.7. The Morgan fingerprint density at radius 3 is 2.63 bits per heavy atom. The third kappa shape index (κ3) is 4.83. The maximum atomic E-state index is 12.7. The fourth-order valence-electron chi connectivity index (χ4n) is 2.84. The lowest BCUT2D eigenvalue weighted by Crippen LogP contribution is -2.33. The zero-order valence-electron chi connectivity index (χ0n) is 16.6. The number of benzene rings is 2. The molecule has 0 saturated heterocycles. The van der Waals surface area contributed by atoms with Gasteiger partial charge in [0.15, 0.2) is 5.82 Å². The predicted octanol–water partition coefficient (Wildman–Crippen LogP) is 4.33. The van der Waals surface area contributed by atoms with Crippen LogP contribution in [0.3, 0.4) is 0 Å². The van der Waals surface area contributed by atoms with Gasteiger partial charge in [-0.05, 0) is 43.7 Å². The molecule has 0 fully saturated rings. The molecule has 0 aliphatic rings. The Kier molecular flexibility index (Phi) is 7.12. The maximum Gasteiger partial charge on any atom is 0.233 e. The average molecular weight is 466 g/mol. The molecule has 1 amide bonds. The Morgan fingerprint density at radius 1 is 1.20 bits per heavy atom. The number of hydrogen-bond acceptors (Lipinski definition) is 6. The highest BCUT2D eigenvalue weighted by Gasteiger charge is 2.23. The van der Waals surface area contributed by atoms with Gasteiger partial charge in [0.2, 0.25) is 11.1 Å². The van der Waals surface area contributed by atoms with E-state index in [-0.39, 0.29) is 11.9 Å². The van der Waals surface area contributed by atoms with Gasteiger partial charge < -0.3 is 15.9 Å². The number of ether oxygens (including phenoxy) is 1. The molecular weight excluding hydrogens is 445 g/mol. The average Bonchev–Trinajstić information content (AvgIpc) is 3.07. The van der Waals surface area contributed by atoms with Crippen LogP contribution in [0.1, 0.15) is 25.5 Å². The molecule has 0 aliphatic heterocycles. The molecular formula is C20H21Cl2N5O2S. The second-order valence-corrected chi connectivity index (χ2v) is 8.68. The molecule has 1 heterocycles. The van der Waals surface area contributed by atoms with Gasteiger partial charge in [-0.2, -0.15) is 0 Å². The highest BCUT2D eigenvalue weighted by molar-refractivity contribution is 8.00. The molecule has 3 N–H and O–H groups in total. The lowest BCUT2D eigenvalue weighted by Gasteiger charge is -2.18. The molecule has 1 aromatic heterocycles. The van der Waals surface area contributed by atoms with Crippen LogP contribution in [0.4, 0.5) is 0 Å². The second kappa shape index (κ2) is 9.59. The van der Waals surface area contributed by atoms with Crippen LogP contribution in [-0.4, -0.2) is 33.1 Å². The first-order valence-electron chi connectivity index (χ1n) is 9.07. The van der Waals surface area contributed by atoms with Crippen molar-refractivity contribution in [2.75, 3.05) is 13.0 Å². The molecule has 3 rings (SSSR count). The highest BCUT2D eigenvalue weighted by Crippen LogP contribution is 2.31. The van der Waals surface area contributed by atoms with Gasteiger partial charge in [-0.15, -0.1) is 10.2 Å². The predicted molar refractivity (Wildman–Crippen MR) is 120 cm³/mol. The molecule has 0 saturated carbocycles. The minimum absolute atomic E-state index is 0.180. The zero-order valence-corrected chi connectivity index (χ0v) is 18.9. The lowest BCUT2D eigenvalue weighted by atomic mass is 10.1. The summed E-state index contributed by atoms with van der Waals surface area (Å²) in [7, 11) is 1.58. The second-order valence-electron chi connectivity index (χ2n) is 6.53. The normalized spacial score (nSPS) is 13.0. The number of nitrogens with one attached hydrogen (secondary N) is 1. The van der Waals surface area contributed by atoms with Gasteiger partial charge in [-0.25, -0.2) is 4.68 Å². The minimum Gasteiger partial charge on any atom is -0.496 e. The van der Waals surface area contributed by atoms with E-state index in [0.717, 1.165) is 5.56 Å². The Morgan fingerprint density at radius 2 is 1.93 bits per heavy atom. The standard InChI is InChI=1S/C20H21Cl2N5O2S/c1-11(14-9-8-13(21)10-16(14)22)24-19(28)12(2)30-20-26-25-18(27(20)23)15-6-4-5-7-17(15)29-3/h4-12H,23H2,1-3H3,(H,24,28)/t11-,12+/m1/s1. The molecule has 30 heavy (non-hydrogen) atoms. The summed E-state index contributed by atoms with van der Waals surface area (Å²) in [6, 6.07) is 12.3. The molecule has 7 nitrogen and oxygen atoms in total. The van der Waals surface area contributed by atoms with Crippen LogP contribution >= 0.6 is 35.0 Å². The number of methoxy groups -OCH3 is 1. The molecule has 10 heteroatoms. The summed E-state index contributed by atoms with van der Waals surface area (Å²) in [5, 5.41) is 12.2. The summed E-state index contributed by atoms with van der Waals surface area (Å²) in [4.78, 5) is 12.7. The molecule has 0 aliphatic carbocycles. The van der Waals surface area contributed by atoms with Crippen LogP contribution in [0.25, 0.3) is 11.4 Å². The van der Waals surface area contributed by atoms with E-state index in [1.807, 2.05) is 31.2 Å². The number of thioether (sulfide) groups is 1. The summed E-state index contributed by atoms with van der Waals surface area (Å²) in [5.74, 6) is 7.09. The summed E-state index contributed by atoms with van der Waals surface area (Å²) in [6.07, 6.45) is 0. The fraction of sp³-hybridized carbons (Fsp3) is 0.250. The van der Waals surface area contributed by atoms with Crippen molar-refractivity contribution in [2.45, 2.75) is 30.3 Å². The summed E-state index contributed by atoms with van der Waals surface area (Å²) in [5.41, 5.74) is 1.50. The van der Waals surface area contributed by atoms with E-state index >= 15 is 0 Å². The molecule has 158 valence electrons. The van der Waals surface area contributed by atoms with E-state index in [9.17, 15) is 4.79 Å². The number of rotatable bonds is 7. The van der Waals surface area contributed by atoms with Gasteiger partial charge in [0.1, 0.15) is 5.75 Å². The van der Waals surface area contributed by atoms with Gasteiger partial charge in [0.05, 0.1) is 24.0 Å². The van der Waals surface area contributed by atoms with Gasteiger partial charge in [0.25, 0.3) is 0 Å². The van der Waals surface area contributed by atoms with Crippen molar-refractivity contribution in [1.82, 2.24) is 20.2 Å². The summed E-state index contributed by atoms with van der Waals surface area (Å²) < 4.78 is 6.71. The molecule has 0 radical (unpaired) electrons. The fourth-order valence-corrected chi connectivity index (χ4v) is 4.19. The van der Waals surface area contributed by atoms with E-state index < -0.39 is 5.25 Å². The number of halogens is 2. The quantitative estimate of drug-likeness (QED) is 0.398. The van der Waals surface area contributed by atoms with E-state index in [1.165, 1.54) is 16.4 Å². The smallest absolute Gasteiger partial charge is 0.233 e. The van der Waals surface area contributed by atoms with E-state index in [4.69, 9.17) is 33.8 Å². The minimum atomic E-state index is -0.462. The first-order chi connectivity index (χ1) is 14.3. The number of carbonyl (C=O) groups is 1. The Labute approximate surface area is 188 Å². The molecule has 3 aromatic rings. The topological polar surface area (TPSA) is 95.1 Å². The van der Waals surface area contributed by atoms with Crippen molar-refractivity contribution in [1.29, 1.82) is 0 Å². The molecule has 0 bridgehead atoms. The van der Waals surface area contributed by atoms with Crippen molar-refractivity contribution < 1.29 is 9.53 Å². The number of aromatic nitrogens is 3. The Balaban J connectivity index is 1.71. The number of nitrogens with zero attached hydrogens (tertiary/aromatic N) is 3. The summed E-state index contributed by atoms with van der Waals surface area (Å²) in [6.45, 7) is 3.63. The van der Waals surface area contributed by atoms with E-state index in [1.54, 1.807) is 32.2 Å². The monoisotopic (exact) mass is 465 g/mol. The van der Waals surface area contributed by atoms with Gasteiger partial charge in [-0.1, -0.05) is 53.2 Å². The van der Waals surface area contributed by atoms with E-state index in [0.29, 0.717) is 32.3 Å². The Hall–Kier alpha value is -2.42. The number of para-hydroxylation sites is 1. The number of carbonyl (C=O) groups excluding carboxylic acids is 1. The van der Waals surface area contributed by atoms with Crippen LogP contribution in [-0.2, 0) is 4.79 Å². The van der Waals surface area contributed by atoms with Crippen molar-refractivity contribution in [3.05, 3.63) is 58.1 Å². The van der Waals surface area contributed by atoms with E-state index in [2.05, 4.69) is 15.5 Å². The van der Waals surface area contributed by atoms with Crippen molar-refractivity contribution in [3.63, 3.8) is 0 Å². The zero-order chi connectivity index (χ0) is 21.8. The highest BCUT2D eigenvalue weighted by atomic mass is 35.5. The van der Waals surface area contributed by atoms with Crippen LogP contribution in [0.15, 0.2) is 47.6 Å². The summed E-state index contributed by atoms with van der Waals surface area (Å²) >= 11 is 13.4. The van der Waals surface area contributed by atoms with Crippen LogP contribution < -0.4 is 15.9 Å². The van der Waals surface area contributed by atoms with Gasteiger partial charge in [-0.3, -0.25) is 4.79 Å². The molecule has 2 atom stereocenters. The number of nitrogen functional groups attached to an aromatic ring is 1. The van der Waals surface area contributed by atoms with Crippen molar-refractivity contribution in [3.8, 4) is 17.1 Å². The Bertz CT molecular complexity index is 1060. The molecule has 0 spiro atoms. The van der Waals surface area contributed by atoms with Gasteiger partial charge in [0, 0.05) is 10.0 Å². The van der Waals surface area contributed by atoms with Crippen molar-refractivity contribution in [2.24, 2.45) is 0 Å². The first-order valence-corrected chi connectivity index (χ1v) is 10.7. The number of amides is 1. The SMILES string of the molecule is COc1ccccc1-c1nnc(S[C@@H](C)C(=O)N[C@H](C)c2ccc(Cl)cc2Cl)n1N. The van der Waals surface area contributed by atoms with Crippen LogP contribution in [0.5, 0.6) is 5.75 Å². The molecule has 2 aromatic carbocycles. The third-order valence-electron chi connectivity index (χ3n) is 4.45. The first kappa shape index (κ1) is 22.3. The largest absolute Gasteiger partial charge is 0.496 e. The van der Waals surface area contributed by atoms with Crippen LogP contribution in [0, 0.1) is 0 Å².